The van der Waals surface area contributed by atoms with Gasteiger partial charge in [0.15, 0.2) is 0 Å². The number of thiophene rings is 1. The van der Waals surface area contributed by atoms with Crippen molar-refractivity contribution >= 4 is 38.9 Å². The topological polar surface area (TPSA) is 41.6 Å². The quantitative estimate of drug-likeness (QED) is 0.244. The Kier molecular flexibility index (Phi) is 8.37. The van der Waals surface area contributed by atoms with Crippen molar-refractivity contribution in [2.45, 2.75) is 57.7 Å². The summed E-state index contributed by atoms with van der Waals surface area (Å²) in [4.78, 5) is 16.9. The molecule has 4 aromatic rings. The number of rotatable bonds is 8. The fourth-order valence-electron chi connectivity index (χ4n) is 5.52. The van der Waals surface area contributed by atoms with Gasteiger partial charge in [-0.25, -0.2) is 0 Å². The van der Waals surface area contributed by atoms with Crippen molar-refractivity contribution in [2.24, 2.45) is 0 Å². The average molecular weight is 547 g/mol. The number of ether oxygens (including phenoxy) is 1. The first-order chi connectivity index (χ1) is 18.5. The van der Waals surface area contributed by atoms with E-state index in [2.05, 4.69) is 48.6 Å². The first-order valence-electron chi connectivity index (χ1n) is 13.4. The predicted molar refractivity (Wildman–Crippen MR) is 160 cm³/mol. The van der Waals surface area contributed by atoms with Crippen LogP contribution < -0.4 is 10.1 Å². The molecule has 1 aromatic heterocycles. The van der Waals surface area contributed by atoms with Gasteiger partial charge in [-0.05, 0) is 74.0 Å². The van der Waals surface area contributed by atoms with E-state index in [9.17, 15) is 4.79 Å². The number of carbonyl (C=O) groups excluding carboxylic acids is 1. The molecule has 1 heterocycles. The third-order valence-electron chi connectivity index (χ3n) is 7.85. The number of hydrogen-bond acceptors (Lipinski definition) is 4. The molecule has 1 fully saturated rings. The molecule has 0 saturated heterocycles. The van der Waals surface area contributed by atoms with E-state index in [1.807, 2.05) is 42.3 Å². The number of aryl methyl sites for hydroxylation is 1. The highest BCUT2D eigenvalue weighted by atomic mass is 35.5. The molecule has 0 radical (unpaired) electrons. The van der Waals surface area contributed by atoms with Crippen LogP contribution in [-0.4, -0.2) is 37.0 Å². The van der Waals surface area contributed by atoms with Crippen LogP contribution in [0.1, 0.15) is 53.4 Å². The third kappa shape index (κ3) is 5.47. The molecule has 0 bridgehead atoms. The summed E-state index contributed by atoms with van der Waals surface area (Å²) in [6.07, 6.45) is 5.03. The van der Waals surface area contributed by atoms with Crippen molar-refractivity contribution in [3.05, 3.63) is 87.8 Å². The van der Waals surface area contributed by atoms with E-state index in [0.717, 1.165) is 64.6 Å². The maximum Gasteiger partial charge on any atom is 0.266 e. The molecule has 0 unspecified atom stereocenters. The van der Waals surface area contributed by atoms with Crippen LogP contribution in [0.25, 0.3) is 21.2 Å². The molecule has 0 spiro atoms. The Morgan fingerprint density at radius 3 is 2.39 bits per heavy atom. The number of nitrogens with one attached hydrogen (secondary N) is 1. The zero-order valence-electron chi connectivity index (χ0n) is 22.3. The standard InChI is InChI=1S/C32H35ClN2O2S/c1-4-21-9-11-22(12-10-21)23-13-18-28(37-3)24(19-23)20-35(26-16-14-25(34-2)15-17-26)32(36)31-30(33)27-7-5-6-8-29(27)38-31/h5-13,18-19,25-26,34H,4,14-17,20H2,1-3H3/t25-,26-. The predicted octanol–water partition coefficient (Wildman–Crippen LogP) is 7.97. The summed E-state index contributed by atoms with van der Waals surface area (Å²) in [6, 6.07) is 23.6. The fourth-order valence-corrected chi connectivity index (χ4v) is 6.99. The molecule has 1 N–H and O–H groups in total. The minimum Gasteiger partial charge on any atom is -0.496 e. The maximum absolute atomic E-state index is 14.2. The van der Waals surface area contributed by atoms with Crippen molar-refractivity contribution in [1.29, 1.82) is 0 Å². The monoisotopic (exact) mass is 546 g/mol. The number of fused-ring (bicyclic) bond motifs is 1. The van der Waals surface area contributed by atoms with Crippen molar-refractivity contribution in [3.63, 3.8) is 0 Å². The summed E-state index contributed by atoms with van der Waals surface area (Å²) in [5.74, 6) is 0.798. The van der Waals surface area contributed by atoms with Crippen molar-refractivity contribution in [3.8, 4) is 16.9 Å². The smallest absolute Gasteiger partial charge is 0.266 e. The molecule has 6 heteroatoms. The van der Waals surface area contributed by atoms with Gasteiger partial charge in [0, 0.05) is 34.3 Å². The van der Waals surface area contributed by atoms with Crippen LogP contribution in [0.4, 0.5) is 0 Å². The zero-order chi connectivity index (χ0) is 26.6. The summed E-state index contributed by atoms with van der Waals surface area (Å²) in [7, 11) is 3.72. The number of amides is 1. The molecule has 38 heavy (non-hydrogen) atoms. The van der Waals surface area contributed by atoms with E-state index in [1.54, 1.807) is 7.11 Å². The van der Waals surface area contributed by atoms with Crippen LogP contribution in [0.3, 0.4) is 0 Å². The SMILES string of the molecule is CCc1ccc(-c2ccc(OC)c(CN(C(=O)c3sc4ccccc4c3Cl)[C@H]3CC[C@H](NC)CC3)c2)cc1. The van der Waals surface area contributed by atoms with Gasteiger partial charge in [0.2, 0.25) is 0 Å². The van der Waals surface area contributed by atoms with Crippen molar-refractivity contribution < 1.29 is 9.53 Å². The van der Waals surface area contributed by atoms with Gasteiger partial charge in [-0.15, -0.1) is 11.3 Å². The molecule has 0 aliphatic heterocycles. The summed E-state index contributed by atoms with van der Waals surface area (Å²) in [5, 5.41) is 4.91. The van der Waals surface area contributed by atoms with Gasteiger partial charge in [-0.3, -0.25) is 4.79 Å². The van der Waals surface area contributed by atoms with E-state index < -0.39 is 0 Å². The lowest BCUT2D eigenvalue weighted by molar-refractivity contribution is 0.0604. The van der Waals surface area contributed by atoms with Crippen LogP contribution in [0.5, 0.6) is 5.75 Å². The van der Waals surface area contributed by atoms with Crippen LogP contribution >= 0.6 is 22.9 Å². The van der Waals surface area contributed by atoms with Gasteiger partial charge in [-0.1, -0.05) is 67.1 Å². The maximum atomic E-state index is 14.2. The Labute approximate surface area is 234 Å². The second-order valence-corrected chi connectivity index (χ2v) is 11.5. The molecule has 3 aromatic carbocycles. The Morgan fingerprint density at radius 1 is 1.03 bits per heavy atom. The van der Waals surface area contributed by atoms with E-state index in [0.29, 0.717) is 22.5 Å². The van der Waals surface area contributed by atoms with Gasteiger partial charge >= 0.3 is 0 Å². The molecule has 1 amide bonds. The van der Waals surface area contributed by atoms with Gasteiger partial charge in [-0.2, -0.15) is 0 Å². The lowest BCUT2D eigenvalue weighted by Gasteiger charge is -2.37. The third-order valence-corrected chi connectivity index (χ3v) is 9.52. The fraction of sp³-hybridized carbons (Fsp3) is 0.344. The number of nitrogens with zero attached hydrogens (tertiary/aromatic N) is 1. The summed E-state index contributed by atoms with van der Waals surface area (Å²) in [5.41, 5.74) is 4.60. The molecule has 5 rings (SSSR count). The summed E-state index contributed by atoms with van der Waals surface area (Å²) < 4.78 is 6.82. The second kappa shape index (κ2) is 11.9. The number of methoxy groups -OCH3 is 1. The molecule has 1 aliphatic carbocycles. The van der Waals surface area contributed by atoms with E-state index in [-0.39, 0.29) is 11.9 Å². The Morgan fingerprint density at radius 2 is 1.74 bits per heavy atom. The van der Waals surface area contributed by atoms with Gasteiger partial charge < -0.3 is 15.0 Å². The van der Waals surface area contributed by atoms with Crippen molar-refractivity contribution in [1.82, 2.24) is 10.2 Å². The molecular formula is C32H35ClN2O2S. The van der Waals surface area contributed by atoms with Gasteiger partial charge in [0.25, 0.3) is 5.91 Å². The first-order valence-corrected chi connectivity index (χ1v) is 14.6. The van der Waals surface area contributed by atoms with Crippen LogP contribution in [0.2, 0.25) is 5.02 Å². The minimum atomic E-state index is 0.00358. The zero-order valence-corrected chi connectivity index (χ0v) is 23.9. The number of hydrogen-bond donors (Lipinski definition) is 1. The number of benzene rings is 3. The molecule has 1 saturated carbocycles. The Hall–Kier alpha value is -2.86. The summed E-state index contributed by atoms with van der Waals surface area (Å²) >= 11 is 8.29. The van der Waals surface area contributed by atoms with Crippen LogP contribution in [0, 0.1) is 0 Å². The highest BCUT2D eigenvalue weighted by molar-refractivity contribution is 7.21. The van der Waals surface area contributed by atoms with Gasteiger partial charge in [0.05, 0.1) is 12.1 Å². The molecule has 0 atom stereocenters. The van der Waals surface area contributed by atoms with Gasteiger partial charge in [0.1, 0.15) is 10.6 Å². The van der Waals surface area contributed by atoms with E-state index in [1.165, 1.54) is 16.9 Å². The molecular weight excluding hydrogens is 512 g/mol. The minimum absolute atomic E-state index is 0.00358. The average Bonchev–Trinajstić information content (AvgIpc) is 3.32. The first kappa shape index (κ1) is 26.7. The number of halogens is 1. The molecule has 198 valence electrons. The normalized spacial score (nSPS) is 17.5. The largest absolute Gasteiger partial charge is 0.496 e. The van der Waals surface area contributed by atoms with E-state index >= 15 is 0 Å². The number of carbonyl (C=O) groups is 1. The van der Waals surface area contributed by atoms with Crippen molar-refractivity contribution in [2.75, 3.05) is 14.2 Å². The highest BCUT2D eigenvalue weighted by Crippen LogP contribution is 2.38. The highest BCUT2D eigenvalue weighted by Gasteiger charge is 2.32. The lowest BCUT2D eigenvalue weighted by Crippen LogP contribution is -2.44. The molecule has 4 nitrogen and oxygen atoms in total. The molecule has 1 aliphatic rings. The Bertz CT molecular complexity index is 1410. The van der Waals surface area contributed by atoms with Crippen LogP contribution in [-0.2, 0) is 13.0 Å². The van der Waals surface area contributed by atoms with Crippen LogP contribution in [0.15, 0.2) is 66.7 Å². The van der Waals surface area contributed by atoms with E-state index in [4.69, 9.17) is 16.3 Å². The summed E-state index contributed by atoms with van der Waals surface area (Å²) in [6.45, 7) is 2.64. The second-order valence-electron chi connectivity index (χ2n) is 10.0. The lowest BCUT2D eigenvalue weighted by atomic mass is 9.89. The Balaban J connectivity index is 1.51.